The van der Waals surface area contributed by atoms with E-state index in [1.165, 1.54) is 0 Å². The summed E-state index contributed by atoms with van der Waals surface area (Å²) in [5.41, 5.74) is 0.966. The topological polar surface area (TPSA) is 75.9 Å². The molecular weight excluding hydrogens is 256 g/mol. The molecule has 7 heteroatoms. The van der Waals surface area contributed by atoms with Gasteiger partial charge in [-0.25, -0.2) is 10.2 Å². The molecule has 0 radical (unpaired) electrons. The molecule has 100 valence electrons. The van der Waals surface area contributed by atoms with Crippen molar-refractivity contribution >= 4 is 11.6 Å². The summed E-state index contributed by atoms with van der Waals surface area (Å²) in [7, 11) is 1.69. The van der Waals surface area contributed by atoms with Gasteiger partial charge in [0.15, 0.2) is 12.0 Å². The number of hydroxylamine groups is 2. The Bertz CT molecular complexity index is 395. The predicted molar refractivity (Wildman–Crippen MR) is 68.6 cm³/mol. The van der Waals surface area contributed by atoms with E-state index in [2.05, 4.69) is 10.3 Å². The first-order valence-corrected chi connectivity index (χ1v) is 5.92. The van der Waals surface area contributed by atoms with Crippen molar-refractivity contribution in [2.75, 3.05) is 13.6 Å². The summed E-state index contributed by atoms with van der Waals surface area (Å²) >= 11 is 5.71. The fourth-order valence-electron chi connectivity index (χ4n) is 1.53. The molecule has 1 atom stereocenters. The molecule has 0 bridgehead atoms. The van der Waals surface area contributed by atoms with Crippen LogP contribution in [0.3, 0.4) is 0 Å². The average molecular weight is 273 g/mol. The number of hydrogen-bond donors (Lipinski definition) is 3. The molecule has 1 unspecified atom stereocenters. The lowest BCUT2D eigenvalue weighted by Gasteiger charge is -2.25. The molecule has 0 amide bonds. The second kappa shape index (κ2) is 7.17. The zero-order chi connectivity index (χ0) is 13.5. The van der Waals surface area contributed by atoms with Crippen LogP contribution in [0.5, 0.6) is 0 Å². The first-order chi connectivity index (χ1) is 8.56. The fourth-order valence-corrected chi connectivity index (χ4v) is 1.64. The van der Waals surface area contributed by atoms with E-state index < -0.39 is 5.23 Å². The summed E-state index contributed by atoms with van der Waals surface area (Å²) in [6.07, 6.45) is 2.83. The average Bonchev–Trinajstić information content (AvgIpc) is 2.35. The maximum atomic E-state index is 10.7. The lowest BCUT2D eigenvalue weighted by atomic mass is 10.2. The van der Waals surface area contributed by atoms with Crippen LogP contribution in [0.4, 0.5) is 0 Å². The van der Waals surface area contributed by atoms with E-state index >= 15 is 0 Å². The highest BCUT2D eigenvalue weighted by molar-refractivity contribution is 6.29. The van der Waals surface area contributed by atoms with Crippen molar-refractivity contribution in [2.24, 2.45) is 0 Å². The van der Waals surface area contributed by atoms with E-state index in [1.54, 1.807) is 19.3 Å². The molecule has 0 fully saturated rings. The second-order valence-electron chi connectivity index (χ2n) is 3.62. The van der Waals surface area contributed by atoms with Gasteiger partial charge in [0, 0.05) is 26.3 Å². The Kier molecular flexibility index (Phi) is 5.87. The summed E-state index contributed by atoms with van der Waals surface area (Å²) in [4.78, 5) is 5.90. The Labute approximate surface area is 111 Å². The van der Waals surface area contributed by atoms with Gasteiger partial charge in [-0.15, -0.1) is 0 Å². The summed E-state index contributed by atoms with van der Waals surface area (Å²) in [6, 6.07) is 3.58. The van der Waals surface area contributed by atoms with Gasteiger partial charge < -0.3 is 15.4 Å². The van der Waals surface area contributed by atoms with E-state index in [9.17, 15) is 5.21 Å². The molecule has 3 N–H and O–H groups in total. The van der Waals surface area contributed by atoms with E-state index in [4.69, 9.17) is 16.8 Å². The molecule has 0 aliphatic carbocycles. The van der Waals surface area contributed by atoms with Crippen LogP contribution in [0.25, 0.3) is 0 Å². The van der Waals surface area contributed by atoms with Gasteiger partial charge in [0.2, 0.25) is 0 Å². The molecule has 1 aromatic heterocycles. The van der Waals surface area contributed by atoms with Crippen LogP contribution >= 0.6 is 11.6 Å². The van der Waals surface area contributed by atoms with Gasteiger partial charge in [-0.3, -0.25) is 0 Å². The minimum absolute atomic E-state index is 0.441. The molecule has 0 aliphatic rings. The van der Waals surface area contributed by atoms with E-state index in [0.29, 0.717) is 24.1 Å². The zero-order valence-corrected chi connectivity index (χ0v) is 11.1. The van der Waals surface area contributed by atoms with Crippen molar-refractivity contribution in [2.45, 2.75) is 13.5 Å². The highest BCUT2D eigenvalue weighted by atomic mass is 35.5. The Balaban J connectivity index is 2.80. The van der Waals surface area contributed by atoms with Crippen LogP contribution in [-0.4, -0.2) is 28.7 Å². The molecule has 0 spiro atoms. The third-order valence-electron chi connectivity index (χ3n) is 2.40. The quantitative estimate of drug-likeness (QED) is 0.515. The molecule has 1 heterocycles. The monoisotopic (exact) mass is 272 g/mol. The standard InChI is InChI=1S/C11H17ClN4O2/c1-3-15(11(13-2)8-16(17)18)7-9-4-5-10(12)14-6-9/h4-6,8,13,16-17H,3,7H2,1-2H3. The van der Waals surface area contributed by atoms with E-state index in [-0.39, 0.29) is 0 Å². The molecule has 0 aromatic carbocycles. The van der Waals surface area contributed by atoms with Gasteiger partial charge >= 0.3 is 0 Å². The van der Waals surface area contributed by atoms with Crippen molar-refractivity contribution in [1.29, 1.82) is 0 Å². The third-order valence-corrected chi connectivity index (χ3v) is 2.62. The van der Waals surface area contributed by atoms with E-state index in [0.717, 1.165) is 11.8 Å². The summed E-state index contributed by atoms with van der Waals surface area (Å²) in [5.74, 6) is 0.556. The van der Waals surface area contributed by atoms with E-state index in [1.807, 2.05) is 17.9 Å². The smallest absolute Gasteiger partial charge is 0.168 e. The highest BCUT2D eigenvalue weighted by Gasteiger charge is 2.09. The number of nitrogens with one attached hydrogen (secondary N) is 2. The van der Waals surface area contributed by atoms with Crippen LogP contribution in [0, 0.1) is 5.21 Å². The number of pyridine rings is 1. The minimum Gasteiger partial charge on any atom is -0.595 e. The number of rotatable bonds is 6. The second-order valence-corrected chi connectivity index (χ2v) is 4.01. The first-order valence-electron chi connectivity index (χ1n) is 5.54. The lowest BCUT2D eigenvalue weighted by molar-refractivity contribution is -1.00. The maximum absolute atomic E-state index is 10.7. The SMILES string of the molecule is CCN(Cc1ccc(Cl)nc1)C(=C[NH+]([O-])O)NC. The van der Waals surface area contributed by atoms with Crippen LogP contribution in [0.2, 0.25) is 5.15 Å². The van der Waals surface area contributed by atoms with Gasteiger partial charge in [0.1, 0.15) is 5.15 Å². The highest BCUT2D eigenvalue weighted by Crippen LogP contribution is 2.10. The van der Waals surface area contributed by atoms with Crippen molar-refractivity contribution in [1.82, 2.24) is 15.2 Å². The molecule has 0 saturated heterocycles. The number of hydrogen-bond acceptors (Lipinski definition) is 5. The molecular formula is C11H17ClN4O2. The maximum Gasteiger partial charge on any atom is 0.168 e. The Hall–Kier alpha value is -1.34. The van der Waals surface area contributed by atoms with Crippen LogP contribution in [-0.2, 0) is 6.54 Å². The molecule has 1 rings (SSSR count). The zero-order valence-electron chi connectivity index (χ0n) is 10.4. The van der Waals surface area contributed by atoms with Gasteiger partial charge in [-0.1, -0.05) is 17.7 Å². The summed E-state index contributed by atoms with van der Waals surface area (Å²) in [6.45, 7) is 3.21. The normalized spacial score (nSPS) is 13.3. The number of quaternary nitrogens is 1. The van der Waals surface area contributed by atoms with Gasteiger partial charge in [-0.05, 0) is 18.6 Å². The predicted octanol–water partition coefficient (Wildman–Crippen LogP) is 0.347. The van der Waals surface area contributed by atoms with Crippen molar-refractivity contribution in [3.63, 3.8) is 0 Å². The Morgan fingerprint density at radius 3 is 2.83 bits per heavy atom. The van der Waals surface area contributed by atoms with Crippen LogP contribution in [0.15, 0.2) is 30.4 Å². The summed E-state index contributed by atoms with van der Waals surface area (Å²) < 4.78 is 0. The molecule has 1 aromatic rings. The van der Waals surface area contributed by atoms with Crippen molar-refractivity contribution in [3.05, 3.63) is 46.3 Å². The van der Waals surface area contributed by atoms with Gasteiger partial charge in [-0.2, -0.15) is 5.23 Å². The van der Waals surface area contributed by atoms with Gasteiger partial charge in [0.05, 0.1) is 0 Å². The minimum atomic E-state index is -0.980. The fraction of sp³-hybridized carbons (Fsp3) is 0.364. The van der Waals surface area contributed by atoms with Crippen LogP contribution in [0.1, 0.15) is 12.5 Å². The van der Waals surface area contributed by atoms with Crippen molar-refractivity contribution < 1.29 is 10.4 Å². The number of halogens is 1. The Morgan fingerprint density at radius 1 is 1.67 bits per heavy atom. The van der Waals surface area contributed by atoms with Crippen LogP contribution < -0.4 is 10.5 Å². The summed E-state index contributed by atoms with van der Waals surface area (Å²) in [5, 5.41) is 21.8. The Morgan fingerprint density at radius 2 is 2.39 bits per heavy atom. The largest absolute Gasteiger partial charge is 0.595 e. The molecule has 0 saturated carbocycles. The number of aromatic nitrogens is 1. The first kappa shape index (κ1) is 14.7. The van der Waals surface area contributed by atoms with Crippen molar-refractivity contribution in [3.8, 4) is 0 Å². The molecule has 18 heavy (non-hydrogen) atoms. The third kappa shape index (κ3) is 4.50. The molecule has 6 nitrogen and oxygen atoms in total. The molecule has 0 aliphatic heterocycles. The lowest BCUT2D eigenvalue weighted by Crippen LogP contribution is -2.99. The number of nitrogens with zero attached hydrogens (tertiary/aromatic N) is 2. The van der Waals surface area contributed by atoms with Gasteiger partial charge in [0.25, 0.3) is 0 Å².